The molecule has 0 bridgehead atoms. The van der Waals surface area contributed by atoms with E-state index in [1.165, 1.54) is 24.8 Å². The minimum Gasteiger partial charge on any atom is -0.377 e. The van der Waals surface area contributed by atoms with Crippen LogP contribution in [0.15, 0.2) is 24.3 Å². The molecule has 94 valence electrons. The molecule has 0 aromatic heterocycles. The van der Waals surface area contributed by atoms with Gasteiger partial charge in [0.15, 0.2) is 0 Å². The van der Waals surface area contributed by atoms with E-state index in [1.54, 1.807) is 0 Å². The van der Waals surface area contributed by atoms with E-state index in [1.807, 2.05) is 12.1 Å². The van der Waals surface area contributed by atoms with E-state index in [9.17, 15) is 0 Å². The van der Waals surface area contributed by atoms with Crippen LogP contribution in [-0.4, -0.2) is 25.8 Å². The predicted octanol–water partition coefficient (Wildman–Crippen LogP) is 3.04. The fourth-order valence-corrected chi connectivity index (χ4v) is 2.24. The van der Waals surface area contributed by atoms with Crippen molar-refractivity contribution in [2.75, 3.05) is 19.7 Å². The lowest BCUT2D eigenvalue weighted by molar-refractivity contribution is 0.0171. The lowest BCUT2D eigenvalue weighted by Crippen LogP contribution is -2.32. The fourth-order valence-electron chi connectivity index (χ4n) is 2.12. The summed E-state index contributed by atoms with van der Waals surface area (Å²) in [5, 5.41) is 4.26. The van der Waals surface area contributed by atoms with Gasteiger partial charge in [-0.3, -0.25) is 0 Å². The molecule has 3 heteroatoms. The van der Waals surface area contributed by atoms with Crippen molar-refractivity contribution in [3.63, 3.8) is 0 Å². The van der Waals surface area contributed by atoms with Gasteiger partial charge in [0.1, 0.15) is 0 Å². The zero-order valence-corrected chi connectivity index (χ0v) is 10.9. The maximum absolute atomic E-state index is 5.84. The van der Waals surface area contributed by atoms with Crippen LogP contribution in [0, 0.1) is 0 Å². The van der Waals surface area contributed by atoms with Gasteiger partial charge in [-0.05, 0) is 49.9 Å². The van der Waals surface area contributed by atoms with E-state index in [4.69, 9.17) is 16.3 Å². The van der Waals surface area contributed by atoms with Gasteiger partial charge in [-0.15, -0.1) is 0 Å². The largest absolute Gasteiger partial charge is 0.377 e. The minimum absolute atomic E-state index is 0.425. The molecular weight excluding hydrogens is 234 g/mol. The lowest BCUT2D eigenvalue weighted by atomic mass is 10.1. The standard InChI is InChI=1S/C14H20ClNO/c15-13-6-4-12(5-7-13)8-9-16-11-14-3-1-2-10-17-14/h4-7,14,16H,1-3,8-11H2. The molecule has 1 saturated heterocycles. The summed E-state index contributed by atoms with van der Waals surface area (Å²) in [5.74, 6) is 0. The van der Waals surface area contributed by atoms with Gasteiger partial charge in [-0.2, -0.15) is 0 Å². The Hall–Kier alpha value is -0.570. The molecule has 0 radical (unpaired) electrons. The zero-order valence-electron chi connectivity index (χ0n) is 10.1. The van der Waals surface area contributed by atoms with Gasteiger partial charge in [0, 0.05) is 18.2 Å². The molecule has 0 spiro atoms. The van der Waals surface area contributed by atoms with Gasteiger partial charge in [-0.25, -0.2) is 0 Å². The number of ether oxygens (including phenoxy) is 1. The Labute approximate surface area is 108 Å². The second-order valence-corrected chi connectivity index (χ2v) is 5.01. The maximum Gasteiger partial charge on any atom is 0.0699 e. The lowest BCUT2D eigenvalue weighted by Gasteiger charge is -2.22. The van der Waals surface area contributed by atoms with Gasteiger partial charge < -0.3 is 10.1 Å². The van der Waals surface area contributed by atoms with Crippen molar-refractivity contribution in [1.82, 2.24) is 5.32 Å². The molecule has 1 fully saturated rings. The number of benzene rings is 1. The predicted molar refractivity (Wildman–Crippen MR) is 71.6 cm³/mol. The third-order valence-electron chi connectivity index (χ3n) is 3.15. The molecule has 1 aliphatic rings. The molecule has 1 N–H and O–H groups in total. The van der Waals surface area contributed by atoms with Crippen molar-refractivity contribution in [3.05, 3.63) is 34.9 Å². The molecule has 1 atom stereocenters. The second kappa shape index (κ2) is 7.00. The topological polar surface area (TPSA) is 21.3 Å². The van der Waals surface area contributed by atoms with Gasteiger partial charge in [-0.1, -0.05) is 23.7 Å². The highest BCUT2D eigenvalue weighted by molar-refractivity contribution is 6.30. The van der Waals surface area contributed by atoms with Crippen LogP contribution in [0.1, 0.15) is 24.8 Å². The highest BCUT2D eigenvalue weighted by Crippen LogP contribution is 2.12. The Morgan fingerprint density at radius 2 is 2.06 bits per heavy atom. The molecule has 1 aromatic carbocycles. The molecule has 1 unspecified atom stereocenters. The summed E-state index contributed by atoms with van der Waals surface area (Å²) >= 11 is 5.84. The van der Waals surface area contributed by atoms with Gasteiger partial charge in [0.05, 0.1) is 6.10 Å². The second-order valence-electron chi connectivity index (χ2n) is 4.57. The summed E-state index contributed by atoms with van der Waals surface area (Å²) < 4.78 is 5.67. The van der Waals surface area contributed by atoms with Crippen LogP contribution in [-0.2, 0) is 11.2 Å². The van der Waals surface area contributed by atoms with Crippen molar-refractivity contribution in [2.24, 2.45) is 0 Å². The number of halogens is 1. The van der Waals surface area contributed by atoms with Crippen LogP contribution in [0.4, 0.5) is 0 Å². The van der Waals surface area contributed by atoms with E-state index in [0.29, 0.717) is 6.10 Å². The average molecular weight is 254 g/mol. The Morgan fingerprint density at radius 3 is 2.76 bits per heavy atom. The first-order chi connectivity index (χ1) is 8.34. The van der Waals surface area contributed by atoms with Gasteiger partial charge >= 0.3 is 0 Å². The highest BCUT2D eigenvalue weighted by atomic mass is 35.5. The Balaban J connectivity index is 1.60. The molecule has 1 aromatic rings. The van der Waals surface area contributed by atoms with Gasteiger partial charge in [0.2, 0.25) is 0 Å². The minimum atomic E-state index is 0.425. The summed E-state index contributed by atoms with van der Waals surface area (Å²) in [6, 6.07) is 8.06. The smallest absolute Gasteiger partial charge is 0.0699 e. The highest BCUT2D eigenvalue weighted by Gasteiger charge is 2.12. The molecule has 1 aliphatic heterocycles. The van der Waals surface area contributed by atoms with Crippen molar-refractivity contribution in [3.8, 4) is 0 Å². The number of nitrogens with one attached hydrogen (secondary N) is 1. The third kappa shape index (κ3) is 4.66. The number of hydrogen-bond acceptors (Lipinski definition) is 2. The van der Waals surface area contributed by atoms with E-state index < -0.39 is 0 Å². The first-order valence-electron chi connectivity index (χ1n) is 6.41. The van der Waals surface area contributed by atoms with Gasteiger partial charge in [0.25, 0.3) is 0 Å². The van der Waals surface area contributed by atoms with E-state index in [0.717, 1.165) is 31.1 Å². The number of hydrogen-bond donors (Lipinski definition) is 1. The third-order valence-corrected chi connectivity index (χ3v) is 3.40. The van der Waals surface area contributed by atoms with Crippen LogP contribution in [0.3, 0.4) is 0 Å². The van der Waals surface area contributed by atoms with Crippen LogP contribution in [0.2, 0.25) is 5.02 Å². The molecular formula is C14H20ClNO. The summed E-state index contributed by atoms with van der Waals surface area (Å²) in [7, 11) is 0. The summed E-state index contributed by atoms with van der Waals surface area (Å²) in [4.78, 5) is 0. The van der Waals surface area contributed by atoms with Crippen LogP contribution in [0.5, 0.6) is 0 Å². The molecule has 1 heterocycles. The van der Waals surface area contributed by atoms with Crippen LogP contribution in [0.25, 0.3) is 0 Å². The summed E-state index contributed by atoms with van der Waals surface area (Å²) in [5.41, 5.74) is 1.33. The van der Waals surface area contributed by atoms with Crippen LogP contribution >= 0.6 is 11.6 Å². The molecule has 0 saturated carbocycles. The summed E-state index contributed by atoms with van der Waals surface area (Å²) in [6.07, 6.45) is 5.21. The van der Waals surface area contributed by atoms with Crippen molar-refractivity contribution in [1.29, 1.82) is 0 Å². The molecule has 17 heavy (non-hydrogen) atoms. The summed E-state index contributed by atoms with van der Waals surface area (Å²) in [6.45, 7) is 2.92. The normalized spacial score (nSPS) is 20.4. The van der Waals surface area contributed by atoms with Crippen molar-refractivity contribution < 1.29 is 4.74 Å². The van der Waals surface area contributed by atoms with E-state index in [-0.39, 0.29) is 0 Å². The van der Waals surface area contributed by atoms with E-state index >= 15 is 0 Å². The number of rotatable bonds is 5. The Bertz CT molecular complexity index is 319. The quantitative estimate of drug-likeness (QED) is 0.815. The molecule has 2 nitrogen and oxygen atoms in total. The van der Waals surface area contributed by atoms with Crippen molar-refractivity contribution in [2.45, 2.75) is 31.8 Å². The van der Waals surface area contributed by atoms with Crippen LogP contribution < -0.4 is 5.32 Å². The zero-order chi connectivity index (χ0) is 11.9. The van der Waals surface area contributed by atoms with Crippen molar-refractivity contribution >= 4 is 11.6 Å². The van der Waals surface area contributed by atoms with E-state index in [2.05, 4.69) is 17.4 Å². The fraction of sp³-hybridized carbons (Fsp3) is 0.571. The SMILES string of the molecule is Clc1ccc(CCNCC2CCCCO2)cc1. The molecule has 0 amide bonds. The first-order valence-corrected chi connectivity index (χ1v) is 6.79. The molecule has 0 aliphatic carbocycles. The molecule has 2 rings (SSSR count). The monoisotopic (exact) mass is 253 g/mol. The maximum atomic E-state index is 5.84. The average Bonchev–Trinajstić information content (AvgIpc) is 2.38. The first kappa shape index (κ1) is 12.9. The Kier molecular flexibility index (Phi) is 5.30. The Morgan fingerprint density at radius 1 is 1.24 bits per heavy atom.